The molecule has 0 atom stereocenters. The van der Waals surface area contributed by atoms with Gasteiger partial charge in [-0.05, 0) is 54.1 Å². The van der Waals surface area contributed by atoms with Gasteiger partial charge in [0.15, 0.2) is 0 Å². The molecule has 0 fully saturated rings. The van der Waals surface area contributed by atoms with Gasteiger partial charge in [-0.25, -0.2) is 9.78 Å². The molecule has 142 valence electrons. The maximum absolute atomic E-state index is 11.8. The van der Waals surface area contributed by atoms with Crippen molar-refractivity contribution in [3.8, 4) is 16.3 Å². The smallest absolute Gasteiger partial charge is 0.336 e. The Balaban J connectivity index is 1.38. The fourth-order valence-electron chi connectivity index (χ4n) is 3.29. The van der Waals surface area contributed by atoms with Gasteiger partial charge in [0.05, 0.1) is 10.2 Å². The zero-order chi connectivity index (χ0) is 19.8. The van der Waals surface area contributed by atoms with Crippen LogP contribution in [0.5, 0.6) is 5.75 Å². The zero-order valence-corrected chi connectivity index (χ0v) is 16.1. The summed E-state index contributed by atoms with van der Waals surface area (Å²) in [6.45, 7) is 0.466. The van der Waals surface area contributed by atoms with Crippen molar-refractivity contribution in [2.75, 3.05) is 5.32 Å². The van der Waals surface area contributed by atoms with Crippen molar-refractivity contribution in [3.63, 3.8) is 0 Å². The second-order valence-corrected chi connectivity index (χ2v) is 7.72. The molecule has 5 aromatic rings. The molecule has 0 unspecified atom stereocenters. The van der Waals surface area contributed by atoms with Crippen LogP contribution in [0.25, 0.3) is 31.8 Å². The van der Waals surface area contributed by atoms with Crippen molar-refractivity contribution in [1.82, 2.24) is 4.98 Å². The molecule has 0 radical (unpaired) electrons. The number of anilines is 1. The molecule has 2 aromatic heterocycles. The number of aromatic hydroxyl groups is 1. The van der Waals surface area contributed by atoms with Crippen LogP contribution in [-0.2, 0) is 6.54 Å². The Morgan fingerprint density at radius 3 is 2.66 bits per heavy atom. The van der Waals surface area contributed by atoms with E-state index in [4.69, 9.17) is 4.42 Å². The minimum absolute atomic E-state index is 0.0659. The fourth-order valence-corrected chi connectivity index (χ4v) is 4.26. The average Bonchev–Trinajstić information content (AvgIpc) is 3.16. The lowest BCUT2D eigenvalue weighted by Crippen LogP contribution is -2.05. The standard InChI is InChI=1S/C23H16N2O3S/c26-17-9-10-18-15(11-22(27)28-20(18)12-17)13-24-16-7-5-14(6-8-16)23-25-19-3-1-2-4-21(19)29-23/h1-12,24,26H,13H2. The highest BCUT2D eigenvalue weighted by Crippen LogP contribution is 2.30. The van der Waals surface area contributed by atoms with Crippen LogP contribution in [0, 0.1) is 0 Å². The van der Waals surface area contributed by atoms with Gasteiger partial charge in [0.2, 0.25) is 0 Å². The van der Waals surface area contributed by atoms with Crippen molar-refractivity contribution in [2.45, 2.75) is 6.54 Å². The normalized spacial score (nSPS) is 11.2. The number of para-hydroxylation sites is 1. The van der Waals surface area contributed by atoms with E-state index in [-0.39, 0.29) is 5.75 Å². The van der Waals surface area contributed by atoms with Gasteiger partial charge in [0.1, 0.15) is 16.3 Å². The summed E-state index contributed by atoms with van der Waals surface area (Å²) in [5, 5.41) is 14.7. The molecule has 0 aliphatic rings. The van der Waals surface area contributed by atoms with Crippen LogP contribution in [0.4, 0.5) is 5.69 Å². The maximum atomic E-state index is 11.8. The highest BCUT2D eigenvalue weighted by atomic mass is 32.1. The maximum Gasteiger partial charge on any atom is 0.336 e. The van der Waals surface area contributed by atoms with Crippen LogP contribution in [0.15, 0.2) is 82.0 Å². The van der Waals surface area contributed by atoms with Crippen LogP contribution in [0.2, 0.25) is 0 Å². The minimum Gasteiger partial charge on any atom is -0.508 e. The number of fused-ring (bicyclic) bond motifs is 2. The number of hydrogen-bond donors (Lipinski definition) is 2. The molecule has 2 N–H and O–H groups in total. The molecule has 0 spiro atoms. The zero-order valence-electron chi connectivity index (χ0n) is 15.3. The first kappa shape index (κ1) is 17.5. The lowest BCUT2D eigenvalue weighted by molar-refractivity contribution is 0.473. The number of hydrogen-bond acceptors (Lipinski definition) is 6. The van der Waals surface area contributed by atoms with E-state index in [1.165, 1.54) is 16.8 Å². The highest BCUT2D eigenvalue weighted by molar-refractivity contribution is 7.21. The number of phenols is 1. The monoisotopic (exact) mass is 400 g/mol. The number of rotatable bonds is 4. The predicted octanol–water partition coefficient (Wildman–Crippen LogP) is 5.39. The third kappa shape index (κ3) is 3.46. The molecule has 5 nitrogen and oxygen atoms in total. The SMILES string of the molecule is O=c1cc(CNc2ccc(-c3nc4ccccc4s3)cc2)c2ccc(O)cc2o1. The first-order valence-corrected chi connectivity index (χ1v) is 9.93. The summed E-state index contributed by atoms with van der Waals surface area (Å²) in [5.74, 6) is 0.0659. The molecule has 3 aromatic carbocycles. The van der Waals surface area contributed by atoms with E-state index in [1.807, 2.05) is 42.5 Å². The molecule has 29 heavy (non-hydrogen) atoms. The topological polar surface area (TPSA) is 75.4 Å². The first-order valence-electron chi connectivity index (χ1n) is 9.11. The molecule has 6 heteroatoms. The molecule has 0 saturated carbocycles. The number of thiazole rings is 1. The van der Waals surface area contributed by atoms with Crippen LogP contribution in [0.1, 0.15) is 5.56 Å². The van der Waals surface area contributed by atoms with Gasteiger partial charge in [0.25, 0.3) is 0 Å². The van der Waals surface area contributed by atoms with Gasteiger partial charge in [-0.3, -0.25) is 0 Å². The summed E-state index contributed by atoms with van der Waals surface area (Å²) in [6.07, 6.45) is 0. The summed E-state index contributed by atoms with van der Waals surface area (Å²) < 4.78 is 6.35. The molecule has 2 heterocycles. The Morgan fingerprint density at radius 1 is 1.00 bits per heavy atom. The lowest BCUT2D eigenvalue weighted by Gasteiger charge is -2.09. The molecular weight excluding hydrogens is 384 g/mol. The van der Waals surface area contributed by atoms with Crippen LogP contribution < -0.4 is 10.9 Å². The third-order valence-corrected chi connectivity index (χ3v) is 5.81. The fraction of sp³-hybridized carbons (Fsp3) is 0.0435. The second kappa shape index (κ2) is 7.07. The molecule has 0 bridgehead atoms. The quantitative estimate of drug-likeness (QED) is 0.396. The number of nitrogens with one attached hydrogen (secondary N) is 1. The van der Waals surface area contributed by atoms with Gasteiger partial charge in [0, 0.05) is 35.3 Å². The molecule has 5 rings (SSSR count). The largest absolute Gasteiger partial charge is 0.508 e. The number of nitrogens with zero attached hydrogens (tertiary/aromatic N) is 1. The van der Waals surface area contributed by atoms with Crippen LogP contribution in [-0.4, -0.2) is 10.1 Å². The Labute approximate surface area is 169 Å². The Bertz CT molecular complexity index is 1350. The Morgan fingerprint density at radius 2 is 1.83 bits per heavy atom. The van der Waals surface area contributed by atoms with E-state index in [0.29, 0.717) is 12.1 Å². The molecule has 0 aliphatic carbocycles. The molecule has 0 amide bonds. The van der Waals surface area contributed by atoms with Crippen molar-refractivity contribution in [3.05, 3.63) is 88.8 Å². The van der Waals surface area contributed by atoms with Crippen LogP contribution in [0.3, 0.4) is 0 Å². The van der Waals surface area contributed by atoms with Gasteiger partial charge in [-0.15, -0.1) is 11.3 Å². The number of aromatic nitrogens is 1. The minimum atomic E-state index is -0.439. The first-order chi connectivity index (χ1) is 14.2. The van der Waals surface area contributed by atoms with Gasteiger partial charge < -0.3 is 14.8 Å². The van der Waals surface area contributed by atoms with Gasteiger partial charge in [-0.1, -0.05) is 12.1 Å². The Hall–Kier alpha value is -3.64. The molecular formula is C23H16N2O3S. The van der Waals surface area contributed by atoms with E-state index in [0.717, 1.165) is 32.7 Å². The van der Waals surface area contributed by atoms with Gasteiger partial charge >= 0.3 is 5.63 Å². The summed E-state index contributed by atoms with van der Waals surface area (Å²) in [6, 6.07) is 22.4. The van der Waals surface area contributed by atoms with Crippen molar-refractivity contribution < 1.29 is 9.52 Å². The average molecular weight is 400 g/mol. The Kier molecular flexibility index (Phi) is 4.26. The van der Waals surface area contributed by atoms with E-state index in [9.17, 15) is 9.90 Å². The molecule has 0 aliphatic heterocycles. The van der Waals surface area contributed by atoms with E-state index in [2.05, 4.69) is 16.4 Å². The summed E-state index contributed by atoms with van der Waals surface area (Å²) >= 11 is 1.67. The van der Waals surface area contributed by atoms with Crippen molar-refractivity contribution in [1.29, 1.82) is 0 Å². The van der Waals surface area contributed by atoms with Crippen LogP contribution >= 0.6 is 11.3 Å². The summed E-state index contributed by atoms with van der Waals surface area (Å²) in [4.78, 5) is 16.5. The number of benzene rings is 3. The van der Waals surface area contributed by atoms with E-state index in [1.54, 1.807) is 23.5 Å². The summed E-state index contributed by atoms with van der Waals surface area (Å²) in [5.41, 5.74) is 3.77. The lowest BCUT2D eigenvalue weighted by atomic mass is 10.1. The van der Waals surface area contributed by atoms with E-state index < -0.39 is 5.63 Å². The summed E-state index contributed by atoms with van der Waals surface area (Å²) in [7, 11) is 0. The third-order valence-electron chi connectivity index (χ3n) is 4.72. The number of phenolic OH excluding ortho intramolecular Hbond substituents is 1. The highest BCUT2D eigenvalue weighted by Gasteiger charge is 2.08. The van der Waals surface area contributed by atoms with Crippen molar-refractivity contribution in [2.24, 2.45) is 0 Å². The second-order valence-electron chi connectivity index (χ2n) is 6.69. The van der Waals surface area contributed by atoms with E-state index >= 15 is 0 Å². The molecule has 0 saturated heterocycles. The van der Waals surface area contributed by atoms with Gasteiger partial charge in [-0.2, -0.15) is 0 Å². The van der Waals surface area contributed by atoms with Crippen molar-refractivity contribution >= 4 is 38.2 Å². The predicted molar refractivity (Wildman–Crippen MR) is 117 cm³/mol.